The molecule has 0 unspecified atom stereocenters. The van der Waals surface area contributed by atoms with Gasteiger partial charge in [0.05, 0.1) is 27.1 Å². The molecule has 3 aromatic carbocycles. The molecule has 5 heteroatoms. The maximum Gasteiger partial charge on any atom is 0.136 e. The number of ether oxygens (including phenoxy) is 3. The Bertz CT molecular complexity index is 775. The summed E-state index contributed by atoms with van der Waals surface area (Å²) in [4.78, 5) is 0. The van der Waals surface area contributed by atoms with Crippen molar-refractivity contribution >= 4 is 23.2 Å². The monoisotopic (exact) mass is 458 g/mol. The lowest BCUT2D eigenvalue weighted by molar-refractivity contribution is -0.00000626. The van der Waals surface area contributed by atoms with Crippen LogP contribution in [0.1, 0.15) is 0 Å². The molecule has 0 aliphatic carbocycles. The van der Waals surface area contributed by atoms with Crippen LogP contribution in [0.5, 0.6) is 17.2 Å². The molecule has 0 spiro atoms. The van der Waals surface area contributed by atoms with Gasteiger partial charge in [-0.05, 0) is 72.8 Å². The van der Waals surface area contributed by atoms with Crippen LogP contribution in [-0.4, -0.2) is 21.3 Å². The van der Waals surface area contributed by atoms with Crippen LogP contribution in [0.2, 0.25) is 0 Å². The summed E-state index contributed by atoms with van der Waals surface area (Å²) < 4.78 is 16.0. The second kappa shape index (κ2) is 9.77. The lowest BCUT2D eigenvalue weighted by atomic mass is 10.3. The summed E-state index contributed by atoms with van der Waals surface area (Å²) >= 11 is 0. The highest BCUT2D eigenvalue weighted by Gasteiger charge is 2.43. The van der Waals surface area contributed by atoms with Crippen molar-refractivity contribution in [2.75, 3.05) is 21.3 Å². The molecular weight excluding hydrogens is 435 g/mol. The summed E-state index contributed by atoms with van der Waals surface area (Å²) in [7, 11) is 3.01. The van der Waals surface area contributed by atoms with Crippen molar-refractivity contribution in [1.82, 2.24) is 0 Å². The van der Waals surface area contributed by atoms with Crippen LogP contribution in [0.15, 0.2) is 85.2 Å². The molecule has 3 rings (SSSR count). The largest absolute Gasteiger partial charge is 1.00 e. The fraction of sp³-hybridized carbons (Fsp3) is 0.130. The molecule has 0 heterocycles. The predicted molar refractivity (Wildman–Crippen MR) is 115 cm³/mol. The molecule has 0 aliphatic heterocycles. The zero-order valence-electron chi connectivity index (χ0n) is 16.3. The summed E-state index contributed by atoms with van der Waals surface area (Å²) in [5.74, 6) is 4.61. The number of hydrogen-bond donors (Lipinski definition) is 0. The summed E-state index contributed by atoms with van der Waals surface area (Å²) in [6.07, 6.45) is 0. The third kappa shape index (κ3) is 4.09. The molecule has 0 fully saturated rings. The van der Waals surface area contributed by atoms with Gasteiger partial charge in [-0.2, -0.15) is 0 Å². The molecule has 28 heavy (non-hydrogen) atoms. The Morgan fingerprint density at radius 1 is 0.571 bits per heavy atom. The van der Waals surface area contributed by atoms with Crippen LogP contribution in [0.25, 0.3) is 0 Å². The van der Waals surface area contributed by atoms with Gasteiger partial charge in [0.2, 0.25) is 0 Å². The van der Waals surface area contributed by atoms with E-state index in [4.69, 9.17) is 14.2 Å². The third-order valence-corrected chi connectivity index (χ3v) is 8.60. The quantitative estimate of drug-likeness (QED) is 0.497. The van der Waals surface area contributed by atoms with E-state index < -0.39 is 7.26 Å². The topological polar surface area (TPSA) is 27.7 Å². The van der Waals surface area contributed by atoms with Crippen LogP contribution in [0.4, 0.5) is 0 Å². The van der Waals surface area contributed by atoms with E-state index in [9.17, 15) is 0 Å². The molecule has 0 aromatic heterocycles. The normalized spacial score (nSPS) is 10.5. The van der Waals surface area contributed by atoms with Crippen molar-refractivity contribution in [3.63, 3.8) is 0 Å². The Kier molecular flexibility index (Phi) is 7.68. The fourth-order valence-corrected chi connectivity index (χ4v) is 6.60. The lowest BCUT2D eigenvalue weighted by Gasteiger charge is -2.24. The maximum absolute atomic E-state index is 5.34. The van der Waals surface area contributed by atoms with E-state index in [1.807, 2.05) is 36.4 Å². The molecule has 0 bridgehead atoms. The van der Waals surface area contributed by atoms with Gasteiger partial charge in [-0.3, -0.25) is 0 Å². The van der Waals surface area contributed by atoms with Gasteiger partial charge < -0.3 is 31.2 Å². The van der Waals surface area contributed by atoms with Crippen molar-refractivity contribution in [3.8, 4) is 17.2 Å². The van der Waals surface area contributed by atoms with Gasteiger partial charge in [0.15, 0.2) is 0 Å². The summed E-state index contributed by atoms with van der Waals surface area (Å²) in [5.41, 5.74) is 0. The highest BCUT2D eigenvalue weighted by Crippen LogP contribution is 2.56. The van der Waals surface area contributed by atoms with Crippen LogP contribution >= 0.6 is 7.26 Å². The van der Waals surface area contributed by atoms with Crippen molar-refractivity contribution in [2.45, 2.75) is 0 Å². The van der Waals surface area contributed by atoms with Gasteiger partial charge in [-0.1, -0.05) is 6.58 Å². The Morgan fingerprint density at radius 2 is 0.821 bits per heavy atom. The lowest BCUT2D eigenvalue weighted by Crippen LogP contribution is -3.00. The Morgan fingerprint density at radius 3 is 1.00 bits per heavy atom. The maximum atomic E-state index is 5.34. The van der Waals surface area contributed by atoms with E-state index in [0.29, 0.717) is 0 Å². The van der Waals surface area contributed by atoms with Crippen LogP contribution in [0, 0.1) is 0 Å². The Balaban J connectivity index is 0.00000280. The van der Waals surface area contributed by atoms with E-state index >= 15 is 0 Å². The standard InChI is InChI=1S/C23H24O3P.BrH/c1-5-27(21-12-6-18(24-2)7-13-21,22-14-8-19(25-3)9-15-22)23-16-10-20(26-4)11-17-23;/h5-17H,1H2,2-4H3;1H/q+1;/p-1. The molecule has 0 amide bonds. The zero-order valence-corrected chi connectivity index (χ0v) is 18.7. The molecule has 0 radical (unpaired) electrons. The first-order valence-electron chi connectivity index (χ1n) is 8.64. The van der Waals surface area contributed by atoms with Crippen molar-refractivity contribution in [2.24, 2.45) is 0 Å². The van der Waals surface area contributed by atoms with E-state index in [0.717, 1.165) is 17.2 Å². The van der Waals surface area contributed by atoms with Gasteiger partial charge in [0.25, 0.3) is 0 Å². The van der Waals surface area contributed by atoms with Gasteiger partial charge in [-0.15, -0.1) is 0 Å². The van der Waals surface area contributed by atoms with Gasteiger partial charge in [0, 0.05) is 0 Å². The smallest absolute Gasteiger partial charge is 0.136 e. The van der Waals surface area contributed by atoms with E-state index in [2.05, 4.69) is 48.8 Å². The van der Waals surface area contributed by atoms with Crippen molar-refractivity contribution in [1.29, 1.82) is 0 Å². The highest BCUT2D eigenvalue weighted by molar-refractivity contribution is 7.98. The SMILES string of the molecule is C=C[P+](c1ccc(OC)cc1)(c1ccc(OC)cc1)c1ccc(OC)cc1.[Br-]. The van der Waals surface area contributed by atoms with Crippen LogP contribution in [-0.2, 0) is 0 Å². The zero-order chi connectivity index (χ0) is 19.3. The van der Waals surface area contributed by atoms with Gasteiger partial charge in [-0.25, -0.2) is 0 Å². The summed E-state index contributed by atoms with van der Waals surface area (Å²) in [6.45, 7) is 4.25. The van der Waals surface area contributed by atoms with E-state index in [1.54, 1.807) is 21.3 Å². The molecule has 0 atom stereocenters. The van der Waals surface area contributed by atoms with Gasteiger partial charge >= 0.3 is 0 Å². The average molecular weight is 459 g/mol. The second-order valence-electron chi connectivity index (χ2n) is 6.00. The molecule has 0 saturated carbocycles. The summed E-state index contributed by atoms with van der Waals surface area (Å²) in [6, 6.07) is 24.8. The number of rotatable bonds is 7. The Labute approximate surface area is 178 Å². The second-order valence-corrected chi connectivity index (χ2v) is 9.36. The minimum atomic E-state index is -2.03. The average Bonchev–Trinajstić information content (AvgIpc) is 2.76. The highest BCUT2D eigenvalue weighted by atomic mass is 79.9. The molecular formula is C23H24BrO3P. The minimum Gasteiger partial charge on any atom is -1.00 e. The fourth-order valence-electron chi connectivity index (χ4n) is 3.22. The summed E-state index contributed by atoms with van der Waals surface area (Å²) in [5, 5.41) is 3.65. The first-order valence-corrected chi connectivity index (χ1v) is 10.5. The molecule has 146 valence electrons. The molecule has 3 nitrogen and oxygen atoms in total. The number of halogens is 1. The molecule has 0 saturated heterocycles. The third-order valence-electron chi connectivity index (χ3n) is 4.71. The van der Waals surface area contributed by atoms with Gasteiger partial charge in [0.1, 0.15) is 40.4 Å². The molecule has 0 aliphatic rings. The minimum absolute atomic E-state index is 0. The first-order chi connectivity index (χ1) is 13.2. The number of methoxy groups -OCH3 is 3. The van der Waals surface area contributed by atoms with E-state index in [-0.39, 0.29) is 17.0 Å². The van der Waals surface area contributed by atoms with Crippen LogP contribution in [0.3, 0.4) is 0 Å². The number of benzene rings is 3. The van der Waals surface area contributed by atoms with E-state index in [1.165, 1.54) is 15.9 Å². The predicted octanol–water partition coefficient (Wildman–Crippen LogP) is 1.15. The Hall–Kier alpha value is -2.29. The molecule has 0 N–H and O–H groups in total. The number of hydrogen-bond acceptors (Lipinski definition) is 3. The van der Waals surface area contributed by atoms with Crippen molar-refractivity contribution < 1.29 is 31.2 Å². The molecule has 3 aromatic rings. The van der Waals surface area contributed by atoms with Crippen molar-refractivity contribution in [3.05, 3.63) is 85.2 Å². The van der Waals surface area contributed by atoms with Crippen LogP contribution < -0.4 is 47.1 Å². The first kappa shape index (κ1) is 22.0.